The van der Waals surface area contributed by atoms with Crippen molar-refractivity contribution in [2.45, 2.75) is 25.3 Å². The summed E-state index contributed by atoms with van der Waals surface area (Å²) in [6.45, 7) is 2.29. The Morgan fingerprint density at radius 2 is 1.52 bits per heavy atom. The number of benzene rings is 4. The molecule has 4 aromatic carbocycles. The third-order valence-corrected chi connectivity index (χ3v) is 7.62. The van der Waals surface area contributed by atoms with E-state index in [2.05, 4.69) is 77.7 Å². The topological polar surface area (TPSA) is 61.1 Å². The van der Waals surface area contributed by atoms with Gasteiger partial charge in [-0.3, -0.25) is 9.69 Å². The van der Waals surface area contributed by atoms with E-state index in [0.29, 0.717) is 6.54 Å². The van der Waals surface area contributed by atoms with Crippen LogP contribution in [0.4, 0.5) is 0 Å². The molecule has 0 amide bonds. The van der Waals surface area contributed by atoms with Gasteiger partial charge in [0.25, 0.3) is 0 Å². The van der Waals surface area contributed by atoms with E-state index in [9.17, 15) is 4.79 Å². The van der Waals surface area contributed by atoms with Crippen molar-refractivity contribution in [1.82, 2.24) is 4.90 Å². The molecule has 42 heavy (non-hydrogen) atoms. The van der Waals surface area contributed by atoms with E-state index < -0.39 is 0 Å². The van der Waals surface area contributed by atoms with Gasteiger partial charge in [0.2, 0.25) is 0 Å². The summed E-state index contributed by atoms with van der Waals surface area (Å²) < 4.78 is 22.2. The van der Waals surface area contributed by atoms with Gasteiger partial charge in [0.1, 0.15) is 22.8 Å². The van der Waals surface area contributed by atoms with Crippen molar-refractivity contribution < 1.29 is 23.4 Å². The molecule has 0 aliphatic heterocycles. The smallest absolute Gasteiger partial charge is 0.309 e. The molecule has 0 aliphatic carbocycles. The number of hydrogen-bond donors (Lipinski definition) is 0. The Kier molecular flexibility index (Phi) is 9.57. The van der Waals surface area contributed by atoms with Gasteiger partial charge in [-0.05, 0) is 41.0 Å². The lowest BCUT2D eigenvalue weighted by molar-refractivity contribution is -0.139. The van der Waals surface area contributed by atoms with Crippen LogP contribution in [0.15, 0.2) is 108 Å². The van der Waals surface area contributed by atoms with Crippen LogP contribution in [0.2, 0.25) is 0 Å². The van der Waals surface area contributed by atoms with Crippen LogP contribution in [0, 0.1) is 0 Å². The summed E-state index contributed by atoms with van der Waals surface area (Å²) in [7, 11) is 4.77. The molecular formula is C36H37NO5. The van der Waals surface area contributed by atoms with Gasteiger partial charge in [0.15, 0.2) is 0 Å². The number of ether oxygens (including phenoxy) is 3. The Hall–Kier alpha value is -4.55. The van der Waals surface area contributed by atoms with Gasteiger partial charge < -0.3 is 18.6 Å². The number of esters is 1. The third-order valence-electron chi connectivity index (χ3n) is 7.62. The highest BCUT2D eigenvalue weighted by atomic mass is 16.5. The fraction of sp³-hybridized carbons (Fsp3) is 0.250. The van der Waals surface area contributed by atoms with Crippen LogP contribution in [0.25, 0.3) is 11.0 Å². The summed E-state index contributed by atoms with van der Waals surface area (Å²) >= 11 is 0. The Balaban J connectivity index is 1.42. The molecule has 1 heterocycles. The molecule has 0 atom stereocenters. The largest absolute Gasteiger partial charge is 0.497 e. The Bertz CT molecular complexity index is 1560. The van der Waals surface area contributed by atoms with Crippen LogP contribution in [-0.4, -0.2) is 45.3 Å². The van der Waals surface area contributed by atoms with Crippen LogP contribution >= 0.6 is 0 Å². The number of carbonyl (C=O) groups excluding carboxylic acids is 1. The number of rotatable bonds is 13. The lowest BCUT2D eigenvalue weighted by Gasteiger charge is -2.29. The zero-order valence-corrected chi connectivity index (χ0v) is 24.4. The summed E-state index contributed by atoms with van der Waals surface area (Å²) in [6.07, 6.45) is 0.973. The summed E-state index contributed by atoms with van der Waals surface area (Å²) in [5.74, 6) is 2.41. The average Bonchev–Trinajstić information content (AvgIpc) is 3.45. The van der Waals surface area contributed by atoms with Gasteiger partial charge in [-0.1, -0.05) is 72.8 Å². The van der Waals surface area contributed by atoms with E-state index in [0.717, 1.165) is 58.9 Å². The first-order chi connectivity index (χ1) is 20.6. The van der Waals surface area contributed by atoms with Gasteiger partial charge in [-0.15, -0.1) is 0 Å². The molecule has 0 N–H and O–H groups in total. The molecule has 0 aliphatic rings. The number of carbonyl (C=O) groups is 1. The number of nitrogens with zero attached hydrogens (tertiary/aromatic N) is 1. The highest BCUT2D eigenvalue weighted by molar-refractivity contribution is 5.81. The molecule has 0 saturated carbocycles. The van der Waals surface area contributed by atoms with Crippen molar-refractivity contribution in [3.8, 4) is 11.5 Å². The van der Waals surface area contributed by atoms with Gasteiger partial charge in [0, 0.05) is 49.0 Å². The predicted molar refractivity (Wildman–Crippen MR) is 165 cm³/mol. The quantitative estimate of drug-likeness (QED) is 0.143. The number of fused-ring (bicyclic) bond motifs is 1. The van der Waals surface area contributed by atoms with Crippen LogP contribution < -0.4 is 9.47 Å². The Labute approximate surface area is 247 Å². The zero-order chi connectivity index (χ0) is 29.3. The van der Waals surface area contributed by atoms with Crippen molar-refractivity contribution in [3.63, 3.8) is 0 Å². The van der Waals surface area contributed by atoms with Gasteiger partial charge in [-0.2, -0.15) is 0 Å². The molecular weight excluding hydrogens is 526 g/mol. The van der Waals surface area contributed by atoms with Crippen molar-refractivity contribution in [2.24, 2.45) is 0 Å². The molecule has 6 heteroatoms. The standard InChI is InChI=1S/C36H37NO5/c1-39-31-16-15-29(35(23-31)40-2)24-37(25-33(27-10-6-4-7-11-27)28-12-8-5-9-13-28)19-18-32-22-30-20-26(21-36(38)41-3)14-17-34(30)42-32/h4-17,20,22-23,33H,18-19,21,24-25H2,1-3H3. The maximum Gasteiger partial charge on any atom is 0.309 e. The SMILES string of the molecule is COC(=O)Cc1ccc2oc(CCN(Cc3ccc(OC)cc3OC)CC(c3ccccc3)c3ccccc3)cc2c1. The van der Waals surface area contributed by atoms with Crippen LogP contribution in [0.1, 0.15) is 33.9 Å². The Morgan fingerprint density at radius 3 is 2.17 bits per heavy atom. The molecule has 216 valence electrons. The van der Waals surface area contributed by atoms with Crippen LogP contribution in [-0.2, 0) is 28.9 Å². The van der Waals surface area contributed by atoms with E-state index in [4.69, 9.17) is 18.6 Å². The van der Waals surface area contributed by atoms with E-state index in [-0.39, 0.29) is 18.3 Å². The maximum absolute atomic E-state index is 11.8. The van der Waals surface area contributed by atoms with E-state index in [1.807, 2.05) is 30.3 Å². The van der Waals surface area contributed by atoms with E-state index in [1.165, 1.54) is 18.2 Å². The highest BCUT2D eigenvalue weighted by Crippen LogP contribution is 2.30. The lowest BCUT2D eigenvalue weighted by atomic mass is 9.90. The lowest BCUT2D eigenvalue weighted by Crippen LogP contribution is -2.31. The first-order valence-corrected chi connectivity index (χ1v) is 14.2. The van der Waals surface area contributed by atoms with Crippen molar-refractivity contribution in [2.75, 3.05) is 34.4 Å². The second-order valence-corrected chi connectivity index (χ2v) is 10.4. The number of hydrogen-bond acceptors (Lipinski definition) is 6. The minimum Gasteiger partial charge on any atom is -0.497 e. The second-order valence-electron chi connectivity index (χ2n) is 10.4. The maximum atomic E-state index is 11.8. The van der Waals surface area contributed by atoms with Crippen molar-refractivity contribution in [3.05, 3.63) is 131 Å². The van der Waals surface area contributed by atoms with Crippen molar-refractivity contribution >= 4 is 16.9 Å². The molecule has 6 nitrogen and oxygen atoms in total. The average molecular weight is 564 g/mol. The summed E-state index contributed by atoms with van der Waals surface area (Å²) in [6, 6.07) is 35.3. The minimum absolute atomic E-state index is 0.188. The van der Waals surface area contributed by atoms with E-state index in [1.54, 1.807) is 14.2 Å². The van der Waals surface area contributed by atoms with Crippen molar-refractivity contribution in [1.29, 1.82) is 0 Å². The monoisotopic (exact) mass is 563 g/mol. The molecule has 0 unspecified atom stereocenters. The van der Waals surface area contributed by atoms with Gasteiger partial charge in [0.05, 0.1) is 27.8 Å². The Morgan fingerprint density at radius 1 is 0.810 bits per heavy atom. The molecule has 5 rings (SSSR count). The number of furan rings is 1. The zero-order valence-electron chi connectivity index (χ0n) is 24.4. The molecule has 0 bridgehead atoms. The first kappa shape index (κ1) is 29.0. The summed E-state index contributed by atoms with van der Waals surface area (Å²) in [5.41, 5.74) is 5.36. The van der Waals surface area contributed by atoms with Crippen LogP contribution in [0.3, 0.4) is 0 Å². The van der Waals surface area contributed by atoms with Gasteiger partial charge >= 0.3 is 5.97 Å². The summed E-state index contributed by atoms with van der Waals surface area (Å²) in [5, 5.41) is 0.987. The molecule has 0 radical (unpaired) electrons. The first-order valence-electron chi connectivity index (χ1n) is 14.2. The fourth-order valence-electron chi connectivity index (χ4n) is 5.38. The van der Waals surface area contributed by atoms with E-state index >= 15 is 0 Å². The molecule has 1 aromatic heterocycles. The predicted octanol–water partition coefficient (Wildman–Crippen LogP) is 7.04. The fourth-order valence-corrected chi connectivity index (χ4v) is 5.38. The summed E-state index contributed by atoms with van der Waals surface area (Å²) in [4.78, 5) is 14.2. The third kappa shape index (κ3) is 7.20. The van der Waals surface area contributed by atoms with Gasteiger partial charge in [-0.25, -0.2) is 0 Å². The second kappa shape index (κ2) is 13.9. The normalized spacial score (nSPS) is 11.3. The molecule has 0 fully saturated rings. The molecule has 0 spiro atoms. The van der Waals surface area contributed by atoms with Crippen LogP contribution in [0.5, 0.6) is 11.5 Å². The highest BCUT2D eigenvalue weighted by Gasteiger charge is 2.20. The molecule has 0 saturated heterocycles. The molecule has 5 aromatic rings. The number of methoxy groups -OCH3 is 3. The minimum atomic E-state index is -0.256.